The smallest absolute Gasteiger partial charge is 0.138 e. The molecule has 0 atom stereocenters. The summed E-state index contributed by atoms with van der Waals surface area (Å²) in [6, 6.07) is 64.4. The first-order chi connectivity index (χ1) is 26.3. The van der Waals surface area contributed by atoms with Crippen molar-refractivity contribution in [2.24, 2.45) is 0 Å². The number of para-hydroxylation sites is 4. The van der Waals surface area contributed by atoms with E-state index in [9.17, 15) is 0 Å². The van der Waals surface area contributed by atoms with Crippen molar-refractivity contribution < 1.29 is 0 Å². The second-order valence-electron chi connectivity index (χ2n) is 13.4. The average Bonchev–Trinajstić information content (AvgIpc) is 3.87. The number of pyridine rings is 2. The van der Waals surface area contributed by atoms with E-state index in [4.69, 9.17) is 9.97 Å². The SMILES string of the molecule is c1ccc(-c2cc(-c3ccccn3)cc(-n3c4ccccc4c4c5c(ccc43)n(-c3ccccc3)c3c4ccccc4n(-c4ccccc4)c53)n2)cc1. The molecule has 6 aromatic carbocycles. The first kappa shape index (κ1) is 29.5. The summed E-state index contributed by atoms with van der Waals surface area (Å²) in [5.74, 6) is 0.847. The lowest BCUT2D eigenvalue weighted by molar-refractivity contribution is 1.08. The highest BCUT2D eigenvalue weighted by atomic mass is 15.1. The summed E-state index contributed by atoms with van der Waals surface area (Å²) in [5.41, 5.74) is 13.0. The fourth-order valence-electron chi connectivity index (χ4n) is 8.28. The monoisotopic (exact) mass is 677 g/mol. The molecule has 0 aliphatic rings. The van der Waals surface area contributed by atoms with Gasteiger partial charge in [-0.25, -0.2) is 4.98 Å². The zero-order valence-electron chi connectivity index (χ0n) is 28.6. The van der Waals surface area contributed by atoms with Crippen molar-refractivity contribution in [1.29, 1.82) is 0 Å². The topological polar surface area (TPSA) is 40.6 Å². The van der Waals surface area contributed by atoms with E-state index in [1.165, 1.54) is 38.1 Å². The van der Waals surface area contributed by atoms with Gasteiger partial charge in [0.15, 0.2) is 0 Å². The molecule has 53 heavy (non-hydrogen) atoms. The van der Waals surface area contributed by atoms with Crippen LogP contribution in [0.1, 0.15) is 0 Å². The van der Waals surface area contributed by atoms with Gasteiger partial charge in [-0.1, -0.05) is 109 Å². The van der Waals surface area contributed by atoms with Crippen LogP contribution in [0.25, 0.3) is 94.4 Å². The van der Waals surface area contributed by atoms with Crippen molar-refractivity contribution in [2.45, 2.75) is 0 Å². The van der Waals surface area contributed by atoms with E-state index in [0.717, 1.165) is 56.3 Å². The number of benzene rings is 6. The molecule has 5 aromatic heterocycles. The van der Waals surface area contributed by atoms with Crippen molar-refractivity contribution >= 4 is 54.6 Å². The second-order valence-corrected chi connectivity index (χ2v) is 13.4. The maximum atomic E-state index is 5.39. The van der Waals surface area contributed by atoms with Gasteiger partial charge in [-0.05, 0) is 72.8 Å². The minimum Gasteiger partial charge on any atom is -0.307 e. The van der Waals surface area contributed by atoms with Crippen LogP contribution in [0.4, 0.5) is 0 Å². The number of fused-ring (bicyclic) bond motifs is 9. The molecule has 248 valence electrons. The highest BCUT2D eigenvalue weighted by Crippen LogP contribution is 2.46. The van der Waals surface area contributed by atoms with Crippen LogP contribution in [0.5, 0.6) is 0 Å². The summed E-state index contributed by atoms with van der Waals surface area (Å²) in [6.45, 7) is 0. The maximum absolute atomic E-state index is 5.39. The lowest BCUT2D eigenvalue weighted by atomic mass is 10.1. The molecule has 0 saturated carbocycles. The number of rotatable bonds is 5. The molecule has 0 bridgehead atoms. The van der Waals surface area contributed by atoms with Crippen molar-refractivity contribution in [2.75, 3.05) is 0 Å². The molecule has 0 N–H and O–H groups in total. The van der Waals surface area contributed by atoms with E-state index in [1.54, 1.807) is 0 Å². The first-order valence-electron chi connectivity index (χ1n) is 17.9. The van der Waals surface area contributed by atoms with Gasteiger partial charge in [0.25, 0.3) is 0 Å². The first-order valence-corrected chi connectivity index (χ1v) is 17.9. The minimum atomic E-state index is 0.847. The van der Waals surface area contributed by atoms with Crippen LogP contribution >= 0.6 is 0 Å². The normalized spacial score (nSPS) is 11.8. The molecular weight excluding hydrogens is 647 g/mol. The molecule has 11 rings (SSSR count). The van der Waals surface area contributed by atoms with E-state index < -0.39 is 0 Å². The van der Waals surface area contributed by atoms with Crippen molar-refractivity contribution in [3.05, 3.63) is 188 Å². The lowest BCUT2D eigenvalue weighted by Gasteiger charge is -2.13. The third-order valence-corrected chi connectivity index (χ3v) is 10.5. The van der Waals surface area contributed by atoms with E-state index in [1.807, 2.05) is 24.4 Å². The van der Waals surface area contributed by atoms with Crippen molar-refractivity contribution in [3.8, 4) is 39.7 Å². The molecule has 5 nitrogen and oxygen atoms in total. The van der Waals surface area contributed by atoms with E-state index >= 15 is 0 Å². The van der Waals surface area contributed by atoms with E-state index in [-0.39, 0.29) is 0 Å². The van der Waals surface area contributed by atoms with Gasteiger partial charge < -0.3 is 9.13 Å². The summed E-state index contributed by atoms with van der Waals surface area (Å²) in [7, 11) is 0. The molecule has 5 heteroatoms. The predicted octanol–water partition coefficient (Wildman–Crippen LogP) is 11.9. The Labute approximate surface area is 305 Å². The van der Waals surface area contributed by atoms with Crippen LogP contribution in [0.15, 0.2) is 188 Å². The molecule has 0 aliphatic heterocycles. The van der Waals surface area contributed by atoms with Crippen LogP contribution < -0.4 is 0 Å². The van der Waals surface area contributed by atoms with Gasteiger partial charge in [-0.15, -0.1) is 0 Å². The van der Waals surface area contributed by atoms with Crippen molar-refractivity contribution in [1.82, 2.24) is 23.7 Å². The molecule has 0 aliphatic carbocycles. The summed E-state index contributed by atoms with van der Waals surface area (Å²) in [6.07, 6.45) is 1.85. The fourth-order valence-corrected chi connectivity index (χ4v) is 8.28. The van der Waals surface area contributed by atoms with Crippen LogP contribution in [-0.4, -0.2) is 23.7 Å². The molecule has 0 fully saturated rings. The number of hydrogen-bond acceptors (Lipinski definition) is 2. The highest BCUT2D eigenvalue weighted by molar-refractivity contribution is 6.31. The molecule has 11 aromatic rings. The quantitative estimate of drug-likeness (QED) is 0.182. The Balaban J connectivity index is 1.33. The Morgan fingerprint density at radius 1 is 0.358 bits per heavy atom. The van der Waals surface area contributed by atoms with Crippen molar-refractivity contribution in [3.63, 3.8) is 0 Å². The van der Waals surface area contributed by atoms with Gasteiger partial charge in [-0.3, -0.25) is 9.55 Å². The standard InChI is InChI=1S/C48H31N5/c1-4-16-32(17-5-1)39-30-33(38-24-14-15-29-49-38)31-44(50-39)53-40-25-12-10-22-36(40)45-42(53)27-28-43-46(45)48-47(52(43)35-20-8-3-9-21-35)37-23-11-13-26-41(37)51(48)34-18-6-2-7-19-34/h1-31H. The molecule has 0 radical (unpaired) electrons. The van der Waals surface area contributed by atoms with Crippen LogP contribution in [0.3, 0.4) is 0 Å². The average molecular weight is 678 g/mol. The Morgan fingerprint density at radius 2 is 0.925 bits per heavy atom. The summed E-state index contributed by atoms with van der Waals surface area (Å²) < 4.78 is 7.24. The Bertz CT molecular complexity index is 3040. The number of aromatic nitrogens is 5. The van der Waals surface area contributed by atoms with Gasteiger partial charge in [0.2, 0.25) is 0 Å². The van der Waals surface area contributed by atoms with Gasteiger partial charge in [-0.2, -0.15) is 0 Å². The molecule has 0 spiro atoms. The van der Waals surface area contributed by atoms with Gasteiger partial charge in [0.1, 0.15) is 5.82 Å². The zero-order chi connectivity index (χ0) is 34.9. The van der Waals surface area contributed by atoms with E-state index in [2.05, 4.69) is 177 Å². The minimum absolute atomic E-state index is 0.847. The maximum Gasteiger partial charge on any atom is 0.138 e. The van der Waals surface area contributed by atoms with E-state index in [0.29, 0.717) is 0 Å². The van der Waals surface area contributed by atoms with Gasteiger partial charge in [0.05, 0.1) is 44.5 Å². The van der Waals surface area contributed by atoms with Crippen LogP contribution in [-0.2, 0) is 0 Å². The predicted molar refractivity (Wildman–Crippen MR) is 218 cm³/mol. The molecule has 0 unspecified atom stereocenters. The van der Waals surface area contributed by atoms with Crippen LogP contribution in [0, 0.1) is 0 Å². The summed E-state index contributed by atoms with van der Waals surface area (Å²) in [5, 5.41) is 4.79. The molecule has 0 saturated heterocycles. The largest absolute Gasteiger partial charge is 0.307 e. The Morgan fingerprint density at radius 3 is 1.60 bits per heavy atom. The molecule has 0 amide bonds. The zero-order valence-corrected chi connectivity index (χ0v) is 28.6. The third kappa shape index (κ3) is 4.44. The van der Waals surface area contributed by atoms with Gasteiger partial charge in [0, 0.05) is 50.2 Å². The highest BCUT2D eigenvalue weighted by Gasteiger charge is 2.26. The third-order valence-electron chi connectivity index (χ3n) is 10.5. The van der Waals surface area contributed by atoms with Crippen LogP contribution in [0.2, 0.25) is 0 Å². The number of hydrogen-bond donors (Lipinski definition) is 0. The molecular formula is C48H31N5. The summed E-state index contributed by atoms with van der Waals surface area (Å²) >= 11 is 0. The Hall–Kier alpha value is -7.24. The second kappa shape index (κ2) is 11.7. The molecule has 5 heterocycles. The Kier molecular flexibility index (Phi) is 6.48. The summed E-state index contributed by atoms with van der Waals surface area (Å²) in [4.78, 5) is 10.1. The lowest BCUT2D eigenvalue weighted by Crippen LogP contribution is -2.00. The van der Waals surface area contributed by atoms with Gasteiger partial charge >= 0.3 is 0 Å². The fraction of sp³-hybridized carbons (Fsp3) is 0. The number of nitrogens with zero attached hydrogens (tertiary/aromatic N) is 5.